The Morgan fingerprint density at radius 1 is 0.812 bits per heavy atom. The Labute approximate surface area is 188 Å². The van der Waals surface area contributed by atoms with Gasteiger partial charge in [-0.1, -0.05) is 42.5 Å². The maximum absolute atomic E-state index is 13.1. The second-order valence-electron chi connectivity index (χ2n) is 7.16. The predicted octanol–water partition coefficient (Wildman–Crippen LogP) is 6.06. The summed E-state index contributed by atoms with van der Waals surface area (Å²) in [6, 6.07) is 25.9. The molecule has 0 aliphatic carbocycles. The summed E-state index contributed by atoms with van der Waals surface area (Å²) in [4.78, 5) is 26.6. The van der Waals surface area contributed by atoms with Crippen molar-refractivity contribution in [1.29, 1.82) is 0 Å². The minimum atomic E-state index is -0.418. The average molecular weight is 439 g/mol. The van der Waals surface area contributed by atoms with Crippen molar-refractivity contribution in [3.8, 4) is 0 Å². The molecule has 0 fully saturated rings. The Hall–Kier alpha value is -4.16. The van der Waals surface area contributed by atoms with Crippen molar-refractivity contribution in [3.05, 3.63) is 106 Å². The van der Waals surface area contributed by atoms with Crippen LogP contribution in [0.15, 0.2) is 100 Å². The van der Waals surface area contributed by atoms with Crippen molar-refractivity contribution >= 4 is 56.9 Å². The van der Waals surface area contributed by atoms with E-state index in [-0.39, 0.29) is 11.6 Å². The first-order chi connectivity index (χ1) is 15.7. The molecule has 2 heterocycles. The van der Waals surface area contributed by atoms with Crippen molar-refractivity contribution in [1.82, 2.24) is 5.32 Å². The first kappa shape index (κ1) is 19.8. The highest BCUT2D eigenvalue weighted by Crippen LogP contribution is 2.30. The summed E-state index contributed by atoms with van der Waals surface area (Å²) in [7, 11) is 0. The molecular weight excluding hydrogens is 420 g/mol. The quantitative estimate of drug-likeness (QED) is 0.328. The predicted molar refractivity (Wildman–Crippen MR) is 129 cm³/mol. The molecule has 2 aromatic heterocycles. The molecule has 2 N–H and O–H groups in total. The third kappa shape index (κ3) is 4.04. The number of carbonyl (C=O) groups is 2. The van der Waals surface area contributed by atoms with Crippen LogP contribution in [0.5, 0.6) is 0 Å². The zero-order chi connectivity index (χ0) is 21.9. The summed E-state index contributed by atoms with van der Waals surface area (Å²) in [6.45, 7) is 0. The molecule has 156 valence electrons. The summed E-state index contributed by atoms with van der Waals surface area (Å²) in [5.74, 6) is -0.769. The standard InChI is InChI=1S/C26H18N2O3S/c29-25(17-7-2-1-3-8-17)28-22(16-19-9-6-14-32-19)26(30)27-18-12-13-21-20-10-4-5-11-23(20)31-24(21)15-18/h1-16H,(H,27,30)(H,28,29)/b22-16-. The van der Waals surface area contributed by atoms with Crippen LogP contribution in [0.2, 0.25) is 0 Å². The van der Waals surface area contributed by atoms with Crippen molar-refractivity contribution in [2.75, 3.05) is 5.32 Å². The average Bonchev–Trinajstić information content (AvgIpc) is 3.46. The fraction of sp³-hybridized carbons (Fsp3) is 0. The first-order valence-corrected chi connectivity index (χ1v) is 10.9. The summed E-state index contributed by atoms with van der Waals surface area (Å²) < 4.78 is 5.91. The number of hydrogen-bond donors (Lipinski definition) is 2. The molecule has 0 unspecified atom stereocenters. The van der Waals surface area contributed by atoms with Crippen LogP contribution < -0.4 is 10.6 Å². The lowest BCUT2D eigenvalue weighted by Crippen LogP contribution is -2.30. The van der Waals surface area contributed by atoms with E-state index >= 15 is 0 Å². The van der Waals surface area contributed by atoms with Gasteiger partial charge in [-0.2, -0.15) is 0 Å². The van der Waals surface area contributed by atoms with E-state index in [1.807, 2.05) is 60.0 Å². The van der Waals surface area contributed by atoms with Crippen LogP contribution in [0.25, 0.3) is 28.0 Å². The molecule has 6 heteroatoms. The molecule has 0 aliphatic heterocycles. The maximum Gasteiger partial charge on any atom is 0.272 e. The van der Waals surface area contributed by atoms with Crippen molar-refractivity contribution in [2.45, 2.75) is 0 Å². The molecule has 2 amide bonds. The molecule has 0 spiro atoms. The SMILES string of the molecule is O=C(Nc1ccc2c(c1)oc1ccccc12)/C(=C/c1cccs1)NC(=O)c1ccccc1. The number of amides is 2. The van der Waals surface area contributed by atoms with E-state index in [2.05, 4.69) is 10.6 Å². The summed E-state index contributed by atoms with van der Waals surface area (Å²) >= 11 is 1.48. The maximum atomic E-state index is 13.1. The summed E-state index contributed by atoms with van der Waals surface area (Å²) in [5, 5.41) is 9.53. The molecule has 0 bridgehead atoms. The number of anilines is 1. The van der Waals surface area contributed by atoms with E-state index in [1.165, 1.54) is 11.3 Å². The normalized spacial score (nSPS) is 11.6. The van der Waals surface area contributed by atoms with Crippen molar-refractivity contribution in [2.24, 2.45) is 0 Å². The van der Waals surface area contributed by atoms with E-state index in [0.717, 1.165) is 21.2 Å². The molecule has 0 saturated carbocycles. The zero-order valence-corrected chi connectivity index (χ0v) is 17.7. The highest BCUT2D eigenvalue weighted by Gasteiger charge is 2.16. The largest absolute Gasteiger partial charge is 0.456 e. The van der Waals surface area contributed by atoms with Crippen molar-refractivity contribution in [3.63, 3.8) is 0 Å². The number of furan rings is 1. The third-order valence-electron chi connectivity index (χ3n) is 5.00. The first-order valence-electron chi connectivity index (χ1n) is 10.0. The van der Waals surface area contributed by atoms with Crippen LogP contribution in [0.3, 0.4) is 0 Å². The van der Waals surface area contributed by atoms with Crippen LogP contribution in [0.1, 0.15) is 15.2 Å². The van der Waals surface area contributed by atoms with Crippen molar-refractivity contribution < 1.29 is 14.0 Å². The number of thiophene rings is 1. The molecule has 3 aromatic carbocycles. The van der Waals surface area contributed by atoms with Gasteiger partial charge in [-0.3, -0.25) is 9.59 Å². The van der Waals surface area contributed by atoms with Crippen LogP contribution in [0, 0.1) is 0 Å². The van der Waals surface area contributed by atoms with E-state index in [4.69, 9.17) is 4.42 Å². The lowest BCUT2D eigenvalue weighted by atomic mass is 10.1. The lowest BCUT2D eigenvalue weighted by Gasteiger charge is -2.11. The van der Waals surface area contributed by atoms with Crippen LogP contribution in [0.4, 0.5) is 5.69 Å². The lowest BCUT2D eigenvalue weighted by molar-refractivity contribution is -0.113. The fourth-order valence-corrected chi connectivity index (χ4v) is 4.12. The van der Waals surface area contributed by atoms with Gasteiger partial charge in [-0.25, -0.2) is 0 Å². The van der Waals surface area contributed by atoms with Crippen LogP contribution in [-0.4, -0.2) is 11.8 Å². The molecule has 5 nitrogen and oxygen atoms in total. The molecule has 5 rings (SSSR count). The molecule has 0 aliphatic rings. The number of rotatable bonds is 5. The van der Waals surface area contributed by atoms with E-state index in [9.17, 15) is 9.59 Å². The minimum absolute atomic E-state index is 0.158. The van der Waals surface area contributed by atoms with Gasteiger partial charge in [-0.15, -0.1) is 11.3 Å². The zero-order valence-electron chi connectivity index (χ0n) is 16.9. The van der Waals surface area contributed by atoms with Gasteiger partial charge >= 0.3 is 0 Å². The van der Waals surface area contributed by atoms with Gasteiger partial charge < -0.3 is 15.1 Å². The Bertz CT molecular complexity index is 1450. The molecular formula is C26H18N2O3S. The van der Waals surface area contributed by atoms with Gasteiger partial charge in [0.25, 0.3) is 11.8 Å². The molecule has 0 atom stereocenters. The second kappa shape index (κ2) is 8.53. The number of benzene rings is 3. The monoisotopic (exact) mass is 438 g/mol. The van der Waals surface area contributed by atoms with Crippen LogP contribution in [-0.2, 0) is 4.79 Å². The number of nitrogens with one attached hydrogen (secondary N) is 2. The Morgan fingerprint density at radius 2 is 1.59 bits per heavy atom. The van der Waals surface area contributed by atoms with Gasteiger partial charge in [0, 0.05) is 33.0 Å². The van der Waals surface area contributed by atoms with Gasteiger partial charge in [0.2, 0.25) is 0 Å². The number of fused-ring (bicyclic) bond motifs is 3. The van der Waals surface area contributed by atoms with Crippen LogP contribution >= 0.6 is 11.3 Å². The molecule has 0 saturated heterocycles. The van der Waals surface area contributed by atoms with E-state index < -0.39 is 5.91 Å². The van der Waals surface area contributed by atoms with E-state index in [0.29, 0.717) is 16.8 Å². The molecule has 32 heavy (non-hydrogen) atoms. The van der Waals surface area contributed by atoms with E-state index in [1.54, 1.807) is 36.4 Å². The molecule has 0 radical (unpaired) electrons. The van der Waals surface area contributed by atoms with Gasteiger partial charge in [-0.05, 0) is 47.9 Å². The summed E-state index contributed by atoms with van der Waals surface area (Å²) in [5.41, 5.74) is 2.68. The second-order valence-corrected chi connectivity index (χ2v) is 8.14. The number of carbonyl (C=O) groups excluding carboxylic acids is 2. The fourth-order valence-electron chi connectivity index (χ4n) is 3.46. The Kier molecular flexibility index (Phi) is 5.27. The number of hydrogen-bond acceptors (Lipinski definition) is 4. The smallest absolute Gasteiger partial charge is 0.272 e. The minimum Gasteiger partial charge on any atom is -0.456 e. The molecule has 5 aromatic rings. The number of para-hydroxylation sites is 1. The topological polar surface area (TPSA) is 71.3 Å². The van der Waals surface area contributed by atoms with Gasteiger partial charge in [0.1, 0.15) is 16.9 Å². The Balaban J connectivity index is 1.43. The van der Waals surface area contributed by atoms with Gasteiger partial charge in [0.05, 0.1) is 0 Å². The highest BCUT2D eigenvalue weighted by atomic mass is 32.1. The Morgan fingerprint density at radius 3 is 2.41 bits per heavy atom. The third-order valence-corrected chi connectivity index (χ3v) is 5.81. The summed E-state index contributed by atoms with van der Waals surface area (Å²) in [6.07, 6.45) is 1.67. The van der Waals surface area contributed by atoms with Gasteiger partial charge in [0.15, 0.2) is 0 Å². The highest BCUT2D eigenvalue weighted by molar-refractivity contribution is 7.10.